The first-order valence-corrected chi connectivity index (χ1v) is 14.6. The first-order valence-electron chi connectivity index (χ1n) is 13.4. The van der Waals surface area contributed by atoms with Gasteiger partial charge in [0.25, 0.3) is 11.8 Å². The topological polar surface area (TPSA) is 175 Å². The smallest absolute Gasteiger partial charge is 0.253 e. The number of hydrazine groups is 2. The monoisotopic (exact) mass is 612 g/mol. The van der Waals surface area contributed by atoms with Crippen LogP contribution in [0.4, 0.5) is 11.4 Å². The summed E-state index contributed by atoms with van der Waals surface area (Å²) >= 11 is 1.37. The number of imide groups is 2. The average molecular weight is 613 g/mol. The fourth-order valence-corrected chi connectivity index (χ4v) is 5.25. The van der Waals surface area contributed by atoms with Crippen LogP contribution >= 0.6 is 11.8 Å². The molecule has 0 spiro atoms. The summed E-state index contributed by atoms with van der Waals surface area (Å²) < 4.78 is 10.2. The molecule has 2 aliphatic heterocycles. The van der Waals surface area contributed by atoms with E-state index in [1.807, 2.05) is 0 Å². The lowest BCUT2D eigenvalue weighted by atomic mass is 10.2. The summed E-state index contributed by atoms with van der Waals surface area (Å²) in [4.78, 5) is 76.7. The molecule has 4 N–H and O–H groups in total. The van der Waals surface area contributed by atoms with Gasteiger partial charge < -0.3 is 9.47 Å². The normalized spacial score (nSPS) is 18.3. The van der Waals surface area contributed by atoms with Crippen LogP contribution in [0.15, 0.2) is 48.5 Å². The molecule has 2 heterocycles. The van der Waals surface area contributed by atoms with E-state index >= 15 is 0 Å². The predicted molar refractivity (Wildman–Crippen MR) is 157 cm³/mol. The summed E-state index contributed by atoms with van der Waals surface area (Å²) in [7, 11) is 3.03. The summed E-state index contributed by atoms with van der Waals surface area (Å²) in [6, 6.07) is 11.2. The van der Waals surface area contributed by atoms with Gasteiger partial charge in [-0.2, -0.15) is 11.8 Å². The average Bonchev–Trinajstić information content (AvgIpc) is 3.46. The highest BCUT2D eigenvalue weighted by molar-refractivity contribution is 7.99. The number of nitrogens with zero attached hydrogens (tertiary/aromatic N) is 2. The highest BCUT2D eigenvalue weighted by Crippen LogP contribution is 2.26. The molecule has 2 aliphatic rings. The van der Waals surface area contributed by atoms with Crippen molar-refractivity contribution in [1.82, 2.24) is 21.7 Å². The summed E-state index contributed by atoms with van der Waals surface area (Å²) in [5, 5.41) is 0. The molecule has 0 radical (unpaired) electrons. The zero-order valence-corrected chi connectivity index (χ0v) is 24.4. The Labute approximate surface area is 251 Å². The Hall–Kier alpha value is -4.47. The van der Waals surface area contributed by atoms with E-state index < -0.39 is 23.9 Å². The molecule has 2 aromatic carbocycles. The van der Waals surface area contributed by atoms with Crippen molar-refractivity contribution in [3.63, 3.8) is 0 Å². The van der Waals surface area contributed by atoms with Gasteiger partial charge in [-0.05, 0) is 48.5 Å². The number of hydrogen-bond acceptors (Lipinski definition) is 11. The van der Waals surface area contributed by atoms with Crippen molar-refractivity contribution in [2.45, 2.75) is 37.8 Å². The van der Waals surface area contributed by atoms with Crippen LogP contribution < -0.4 is 41.0 Å². The van der Waals surface area contributed by atoms with Crippen LogP contribution in [0, 0.1) is 0 Å². The molecule has 2 atom stereocenters. The molecule has 2 fully saturated rings. The Kier molecular flexibility index (Phi) is 10.7. The van der Waals surface area contributed by atoms with Crippen molar-refractivity contribution < 1.29 is 38.2 Å². The zero-order chi connectivity index (χ0) is 30.9. The number of amides is 6. The van der Waals surface area contributed by atoms with Gasteiger partial charge in [-0.15, -0.1) is 0 Å². The summed E-state index contributed by atoms with van der Waals surface area (Å²) in [6.07, 6.45) is 0.0509. The molecule has 0 aliphatic carbocycles. The van der Waals surface area contributed by atoms with Crippen molar-refractivity contribution >= 4 is 58.6 Å². The third kappa shape index (κ3) is 7.88. The lowest BCUT2D eigenvalue weighted by Crippen LogP contribution is -2.48. The summed E-state index contributed by atoms with van der Waals surface area (Å²) in [5.41, 5.74) is 11.0. The second-order valence-corrected chi connectivity index (χ2v) is 10.8. The molecular formula is C28H32N6O8S. The Morgan fingerprint density at radius 1 is 0.698 bits per heavy atom. The Morgan fingerprint density at radius 2 is 1.07 bits per heavy atom. The molecule has 2 saturated heterocycles. The number of thioether (sulfide) groups is 1. The van der Waals surface area contributed by atoms with E-state index in [9.17, 15) is 28.8 Å². The lowest BCUT2D eigenvalue weighted by Gasteiger charge is -2.16. The number of anilines is 2. The number of carbonyl (C=O) groups excluding carboxylic acids is 6. The number of methoxy groups -OCH3 is 2. The molecule has 15 heteroatoms. The van der Waals surface area contributed by atoms with Gasteiger partial charge in [-0.3, -0.25) is 39.6 Å². The van der Waals surface area contributed by atoms with Crippen molar-refractivity contribution in [2.24, 2.45) is 0 Å². The molecule has 6 amide bonds. The minimum absolute atomic E-state index is 0.0941. The molecular weight excluding hydrogens is 580 g/mol. The summed E-state index contributed by atoms with van der Waals surface area (Å²) in [5.74, 6) is -0.436. The molecule has 2 aromatic rings. The summed E-state index contributed by atoms with van der Waals surface area (Å²) in [6.45, 7) is 0. The van der Waals surface area contributed by atoms with Gasteiger partial charge in [0.05, 0.1) is 38.4 Å². The molecule has 0 aromatic heterocycles. The van der Waals surface area contributed by atoms with E-state index in [0.29, 0.717) is 34.4 Å². The van der Waals surface area contributed by atoms with E-state index in [2.05, 4.69) is 21.7 Å². The number of benzene rings is 2. The second kappa shape index (κ2) is 14.6. The van der Waals surface area contributed by atoms with Gasteiger partial charge in [0.1, 0.15) is 23.6 Å². The van der Waals surface area contributed by atoms with Crippen LogP contribution in [0.25, 0.3) is 0 Å². The van der Waals surface area contributed by atoms with E-state index in [0.717, 1.165) is 9.80 Å². The number of hydrogen-bond donors (Lipinski definition) is 4. The first-order chi connectivity index (χ1) is 20.7. The molecule has 2 unspecified atom stereocenters. The Morgan fingerprint density at radius 3 is 1.42 bits per heavy atom. The second-order valence-electron chi connectivity index (χ2n) is 9.54. The van der Waals surface area contributed by atoms with E-state index in [4.69, 9.17) is 9.47 Å². The largest absolute Gasteiger partial charge is 0.497 e. The zero-order valence-electron chi connectivity index (χ0n) is 23.6. The molecule has 0 saturated carbocycles. The molecule has 43 heavy (non-hydrogen) atoms. The van der Waals surface area contributed by atoms with Crippen molar-refractivity contribution in [3.8, 4) is 11.5 Å². The van der Waals surface area contributed by atoms with Crippen LogP contribution in [0.3, 0.4) is 0 Å². The predicted octanol–water partition coefficient (Wildman–Crippen LogP) is 0.423. The Balaban J connectivity index is 1.09. The Bertz CT molecular complexity index is 1270. The van der Waals surface area contributed by atoms with Gasteiger partial charge in [0.2, 0.25) is 23.6 Å². The minimum Gasteiger partial charge on any atom is -0.497 e. The maximum Gasteiger partial charge on any atom is 0.253 e. The van der Waals surface area contributed by atoms with Gasteiger partial charge in [-0.25, -0.2) is 20.7 Å². The van der Waals surface area contributed by atoms with Crippen LogP contribution in [-0.2, 0) is 28.8 Å². The molecule has 228 valence electrons. The van der Waals surface area contributed by atoms with Crippen LogP contribution in [0.1, 0.15) is 25.7 Å². The number of nitrogens with one attached hydrogen (secondary N) is 4. The van der Waals surface area contributed by atoms with Crippen molar-refractivity contribution in [1.29, 1.82) is 0 Å². The standard InChI is InChI=1S/C28H32N6O8S/c1-41-19-7-3-17(4-8-19)33-25(37)15-21(27(33)39)29-31-23(35)11-13-43-14-12-24(36)32-30-22-16-26(38)34(28(22)40)18-5-9-20(42-2)10-6-18/h3-10,21-22,29-30H,11-16H2,1-2H3,(H,31,35)(H,32,36). The quantitative estimate of drug-likeness (QED) is 0.132. The van der Waals surface area contributed by atoms with Crippen molar-refractivity contribution in [3.05, 3.63) is 48.5 Å². The van der Waals surface area contributed by atoms with E-state index in [1.54, 1.807) is 48.5 Å². The molecule has 14 nitrogen and oxygen atoms in total. The third-order valence-electron chi connectivity index (χ3n) is 6.67. The van der Waals surface area contributed by atoms with Crippen LogP contribution in [0.2, 0.25) is 0 Å². The van der Waals surface area contributed by atoms with E-state index in [-0.39, 0.29) is 49.3 Å². The number of carbonyl (C=O) groups is 6. The lowest BCUT2D eigenvalue weighted by molar-refractivity contribution is -0.125. The van der Waals surface area contributed by atoms with Gasteiger partial charge in [0.15, 0.2) is 0 Å². The maximum absolute atomic E-state index is 12.7. The first kappa shape index (κ1) is 31.5. The van der Waals surface area contributed by atoms with Crippen LogP contribution in [0.5, 0.6) is 11.5 Å². The SMILES string of the molecule is COc1ccc(N2C(=O)CC(NNC(=O)CCSCCC(=O)NNC3CC(=O)N(c4ccc(OC)cc4)C3=O)C2=O)cc1. The van der Waals surface area contributed by atoms with Gasteiger partial charge in [0, 0.05) is 24.3 Å². The maximum atomic E-state index is 12.7. The third-order valence-corrected chi connectivity index (χ3v) is 7.66. The van der Waals surface area contributed by atoms with E-state index in [1.165, 1.54) is 26.0 Å². The number of ether oxygens (including phenoxy) is 2. The van der Waals surface area contributed by atoms with Crippen LogP contribution in [-0.4, -0.2) is 73.3 Å². The molecule has 4 rings (SSSR count). The fraction of sp³-hybridized carbons (Fsp3) is 0.357. The van der Waals surface area contributed by atoms with Gasteiger partial charge in [-0.1, -0.05) is 0 Å². The van der Waals surface area contributed by atoms with Gasteiger partial charge >= 0.3 is 0 Å². The minimum atomic E-state index is -0.882. The highest BCUT2D eigenvalue weighted by Gasteiger charge is 2.40. The highest BCUT2D eigenvalue weighted by atomic mass is 32.2. The molecule has 0 bridgehead atoms. The number of rotatable bonds is 14. The van der Waals surface area contributed by atoms with Crippen molar-refractivity contribution in [2.75, 3.05) is 35.5 Å². The fourth-order valence-electron chi connectivity index (χ4n) is 4.39.